The van der Waals surface area contributed by atoms with Crippen LogP contribution in [0.15, 0.2) is 36.4 Å². The van der Waals surface area contributed by atoms with Gasteiger partial charge in [-0.05, 0) is 47.0 Å². The van der Waals surface area contributed by atoms with Crippen molar-refractivity contribution in [3.63, 3.8) is 0 Å². The van der Waals surface area contributed by atoms with Crippen molar-refractivity contribution in [2.24, 2.45) is 0 Å². The fourth-order valence-corrected chi connectivity index (χ4v) is 3.15. The Morgan fingerprint density at radius 2 is 2.18 bits per heavy atom. The van der Waals surface area contributed by atoms with E-state index in [1.54, 1.807) is 0 Å². The molecule has 0 bridgehead atoms. The highest BCUT2D eigenvalue weighted by molar-refractivity contribution is 6.30. The molecule has 0 saturated heterocycles. The number of rotatable bonds is 2. The molecular weight excluding hydrogens is 300 g/mol. The smallest absolute Gasteiger partial charge is 0.204 e. The summed E-state index contributed by atoms with van der Waals surface area (Å²) in [5.74, 6) is 1.52. The number of H-pyrrole nitrogens is 1. The number of aromatic amines is 1. The summed E-state index contributed by atoms with van der Waals surface area (Å²) in [6.07, 6.45) is 0.797. The molecule has 22 heavy (non-hydrogen) atoms. The fraction of sp³-hybridized carbons (Fsp3) is 0.188. The van der Waals surface area contributed by atoms with Crippen molar-refractivity contribution in [1.29, 1.82) is 0 Å². The third-order valence-corrected chi connectivity index (χ3v) is 4.06. The highest BCUT2D eigenvalue weighted by atomic mass is 35.5. The van der Waals surface area contributed by atoms with Crippen LogP contribution in [0.25, 0.3) is 11.4 Å². The van der Waals surface area contributed by atoms with Crippen molar-refractivity contribution in [3.8, 4) is 17.1 Å². The Bertz CT molecular complexity index is 832. The lowest BCUT2D eigenvalue weighted by Gasteiger charge is -2.12. The van der Waals surface area contributed by atoms with Crippen molar-refractivity contribution in [1.82, 2.24) is 20.6 Å². The maximum Gasteiger partial charge on any atom is 0.204 e. The molecule has 0 amide bonds. The molecule has 1 aromatic heterocycles. The number of nitrogens with one attached hydrogen (secondary N) is 1. The van der Waals surface area contributed by atoms with Crippen molar-refractivity contribution in [3.05, 3.63) is 58.1 Å². The van der Waals surface area contributed by atoms with E-state index < -0.39 is 0 Å². The van der Waals surface area contributed by atoms with E-state index >= 15 is 0 Å². The van der Waals surface area contributed by atoms with Crippen molar-refractivity contribution < 1.29 is 4.74 Å². The Labute approximate surface area is 132 Å². The van der Waals surface area contributed by atoms with Gasteiger partial charge in [-0.25, -0.2) is 0 Å². The summed E-state index contributed by atoms with van der Waals surface area (Å²) in [4.78, 5) is 0. The molecule has 2 aromatic carbocycles. The van der Waals surface area contributed by atoms with Crippen molar-refractivity contribution >= 4 is 11.6 Å². The summed E-state index contributed by atoms with van der Waals surface area (Å²) in [5, 5.41) is 14.8. The van der Waals surface area contributed by atoms with Gasteiger partial charge in [0.1, 0.15) is 11.9 Å². The Kier molecular flexibility index (Phi) is 3.08. The SMILES string of the molecule is Cc1cc(Cl)cc2c1OC(c1cccc(-c3nn[nH]n3)c1)C2. The van der Waals surface area contributed by atoms with Crippen LogP contribution in [-0.2, 0) is 6.42 Å². The number of nitrogens with zero attached hydrogens (tertiary/aromatic N) is 3. The molecule has 110 valence electrons. The molecule has 0 aliphatic carbocycles. The van der Waals surface area contributed by atoms with E-state index in [9.17, 15) is 0 Å². The molecule has 0 saturated carbocycles. The molecule has 1 unspecified atom stereocenters. The first-order valence-corrected chi connectivity index (χ1v) is 7.38. The van der Waals surface area contributed by atoms with Crippen LogP contribution < -0.4 is 4.74 Å². The molecule has 1 N–H and O–H groups in total. The van der Waals surface area contributed by atoms with Crippen LogP contribution in [0.3, 0.4) is 0 Å². The predicted molar refractivity (Wildman–Crippen MR) is 82.9 cm³/mol. The lowest BCUT2D eigenvalue weighted by molar-refractivity contribution is 0.237. The van der Waals surface area contributed by atoms with Crippen LogP contribution >= 0.6 is 11.6 Å². The van der Waals surface area contributed by atoms with Crippen molar-refractivity contribution in [2.75, 3.05) is 0 Å². The second-order valence-corrected chi connectivity index (χ2v) is 5.82. The van der Waals surface area contributed by atoms with E-state index in [0.29, 0.717) is 5.82 Å². The number of hydrogen-bond acceptors (Lipinski definition) is 4. The Hall–Kier alpha value is -2.40. The van der Waals surface area contributed by atoms with Gasteiger partial charge in [-0.15, -0.1) is 10.2 Å². The summed E-state index contributed by atoms with van der Waals surface area (Å²) in [6.45, 7) is 2.02. The summed E-state index contributed by atoms with van der Waals surface area (Å²) >= 11 is 6.13. The maximum atomic E-state index is 6.13. The first-order chi connectivity index (χ1) is 10.7. The summed E-state index contributed by atoms with van der Waals surface area (Å²) in [5.41, 5.74) is 4.23. The number of hydrogen-bond donors (Lipinski definition) is 1. The minimum Gasteiger partial charge on any atom is -0.485 e. The minimum absolute atomic E-state index is 0.0148. The quantitative estimate of drug-likeness (QED) is 0.786. The van der Waals surface area contributed by atoms with Crippen LogP contribution in [0.5, 0.6) is 5.75 Å². The Morgan fingerprint density at radius 3 is 3.00 bits per heavy atom. The molecule has 1 atom stereocenters. The average Bonchev–Trinajstić information content (AvgIpc) is 3.16. The molecule has 0 spiro atoms. The number of fused-ring (bicyclic) bond motifs is 1. The molecule has 1 aliphatic rings. The summed E-state index contributed by atoms with van der Waals surface area (Å²) in [6, 6.07) is 11.9. The Balaban J connectivity index is 1.67. The van der Waals surface area contributed by atoms with Gasteiger partial charge < -0.3 is 4.74 Å². The van der Waals surface area contributed by atoms with E-state index in [4.69, 9.17) is 16.3 Å². The lowest BCUT2D eigenvalue weighted by Crippen LogP contribution is -2.03. The van der Waals surface area contributed by atoms with Crippen LogP contribution in [0.2, 0.25) is 5.02 Å². The molecule has 4 rings (SSSR count). The molecule has 5 nitrogen and oxygen atoms in total. The second kappa shape index (κ2) is 5.10. The second-order valence-electron chi connectivity index (χ2n) is 5.38. The topological polar surface area (TPSA) is 63.7 Å². The zero-order valence-electron chi connectivity index (χ0n) is 11.9. The van der Waals surface area contributed by atoms with Gasteiger partial charge in [0.05, 0.1) is 0 Å². The average molecular weight is 313 g/mol. The normalized spacial score (nSPS) is 16.4. The van der Waals surface area contributed by atoms with Gasteiger partial charge in [-0.3, -0.25) is 0 Å². The lowest BCUT2D eigenvalue weighted by atomic mass is 10.0. The van der Waals surface area contributed by atoms with Crippen LogP contribution in [0.1, 0.15) is 22.8 Å². The molecule has 6 heteroatoms. The standard InChI is InChI=1S/C16H13ClN4O/c1-9-5-13(17)7-12-8-14(22-15(9)12)10-3-2-4-11(6-10)16-18-20-21-19-16/h2-7,14H,8H2,1H3,(H,18,19,20,21). The van der Waals surface area contributed by atoms with Gasteiger partial charge in [-0.2, -0.15) is 5.21 Å². The predicted octanol–water partition coefficient (Wildman–Crippen LogP) is 3.50. The molecule has 0 radical (unpaired) electrons. The largest absolute Gasteiger partial charge is 0.485 e. The molecule has 1 aliphatic heterocycles. The van der Waals surface area contributed by atoms with Gasteiger partial charge in [0, 0.05) is 17.0 Å². The zero-order valence-corrected chi connectivity index (χ0v) is 12.6. The Morgan fingerprint density at radius 1 is 1.27 bits per heavy atom. The molecule has 3 aromatic rings. The van der Waals surface area contributed by atoms with Crippen LogP contribution in [0, 0.1) is 6.92 Å². The molecule has 2 heterocycles. The van der Waals surface area contributed by atoms with E-state index in [1.807, 2.05) is 37.3 Å². The van der Waals surface area contributed by atoms with E-state index in [2.05, 4.69) is 26.7 Å². The maximum absolute atomic E-state index is 6.13. The minimum atomic E-state index is -0.0148. The number of benzene rings is 2. The van der Waals surface area contributed by atoms with Gasteiger partial charge >= 0.3 is 0 Å². The van der Waals surface area contributed by atoms with Crippen LogP contribution in [0.4, 0.5) is 0 Å². The van der Waals surface area contributed by atoms with Crippen molar-refractivity contribution in [2.45, 2.75) is 19.4 Å². The molecule has 0 fully saturated rings. The highest BCUT2D eigenvalue weighted by Crippen LogP contribution is 2.40. The van der Waals surface area contributed by atoms with E-state index in [1.165, 1.54) is 0 Å². The summed E-state index contributed by atoms with van der Waals surface area (Å²) < 4.78 is 6.13. The monoisotopic (exact) mass is 312 g/mol. The molecular formula is C16H13ClN4O. The summed E-state index contributed by atoms with van der Waals surface area (Å²) in [7, 11) is 0. The van der Waals surface area contributed by atoms with Gasteiger partial charge in [0.2, 0.25) is 5.82 Å². The number of tetrazole rings is 1. The number of ether oxygens (including phenoxy) is 1. The van der Waals surface area contributed by atoms with Gasteiger partial charge in [-0.1, -0.05) is 29.8 Å². The van der Waals surface area contributed by atoms with Gasteiger partial charge in [0.15, 0.2) is 0 Å². The van der Waals surface area contributed by atoms with E-state index in [0.717, 1.165) is 39.4 Å². The number of aromatic nitrogens is 4. The number of halogens is 1. The third kappa shape index (κ3) is 2.23. The van der Waals surface area contributed by atoms with Crippen LogP contribution in [-0.4, -0.2) is 20.6 Å². The van der Waals surface area contributed by atoms with Gasteiger partial charge in [0.25, 0.3) is 0 Å². The van der Waals surface area contributed by atoms with E-state index in [-0.39, 0.29) is 6.10 Å². The fourth-order valence-electron chi connectivity index (χ4n) is 2.85. The highest BCUT2D eigenvalue weighted by Gasteiger charge is 2.26. The first-order valence-electron chi connectivity index (χ1n) is 7.00. The first kappa shape index (κ1) is 13.3. The number of aryl methyl sites for hydroxylation is 1. The third-order valence-electron chi connectivity index (χ3n) is 3.84. The zero-order chi connectivity index (χ0) is 15.1.